The molecule has 8 nitrogen and oxygen atoms in total. The second-order valence-electron chi connectivity index (χ2n) is 7.08. The molecule has 0 aliphatic carbocycles. The van der Waals surface area contributed by atoms with Crippen LogP contribution in [0.3, 0.4) is 0 Å². The molecule has 1 aromatic rings. The second kappa shape index (κ2) is 6.97. The molecule has 3 rings (SSSR count). The van der Waals surface area contributed by atoms with Crippen LogP contribution in [0.1, 0.15) is 11.4 Å². The molecule has 1 aromatic heterocycles. The van der Waals surface area contributed by atoms with Crippen molar-refractivity contribution in [2.24, 2.45) is 0 Å². The zero-order chi connectivity index (χ0) is 18.2. The molecule has 0 bridgehead atoms. The van der Waals surface area contributed by atoms with Gasteiger partial charge in [0, 0.05) is 63.8 Å². The molecule has 2 fully saturated rings. The average molecular weight is 367 g/mol. The Bertz CT molecular complexity index is 735. The Labute approximate surface area is 148 Å². The molecular formula is C16H25N5O3S. The summed E-state index contributed by atoms with van der Waals surface area (Å²) in [6, 6.07) is -0.218. The van der Waals surface area contributed by atoms with E-state index in [-0.39, 0.29) is 36.0 Å². The predicted molar refractivity (Wildman–Crippen MR) is 93.7 cm³/mol. The fourth-order valence-corrected chi connectivity index (χ4v) is 5.58. The summed E-state index contributed by atoms with van der Waals surface area (Å²) in [4.78, 5) is 26.3. The van der Waals surface area contributed by atoms with E-state index in [1.54, 1.807) is 31.4 Å². The lowest BCUT2D eigenvalue weighted by atomic mass is 10.0. The van der Waals surface area contributed by atoms with Gasteiger partial charge in [-0.15, -0.1) is 0 Å². The molecule has 2 saturated heterocycles. The zero-order valence-electron chi connectivity index (χ0n) is 14.9. The molecule has 2 aliphatic rings. The number of likely N-dealkylation sites (N-methyl/N-ethyl adjacent to an activating group) is 1. The van der Waals surface area contributed by atoms with E-state index in [9.17, 15) is 13.2 Å². The Hall–Kier alpha value is -1.58. The standard InChI is InChI=1S/C16H25N5O3S/c1-12-17-6-13(7-18-12)8-20-4-5-21(9-16(22)19(2)3)15-11-25(23,24)10-14(15)20/h6-7,14-15H,4-5,8-11H2,1-3H3/t14-,15+/m1/s1. The Morgan fingerprint density at radius 1 is 1.16 bits per heavy atom. The van der Waals surface area contributed by atoms with Crippen LogP contribution in [0.25, 0.3) is 0 Å². The van der Waals surface area contributed by atoms with Gasteiger partial charge in [0.05, 0.1) is 18.1 Å². The normalized spacial score (nSPS) is 26.4. The van der Waals surface area contributed by atoms with Crippen molar-refractivity contribution in [1.29, 1.82) is 0 Å². The van der Waals surface area contributed by atoms with Crippen LogP contribution < -0.4 is 0 Å². The third-order valence-electron chi connectivity index (χ3n) is 4.96. The number of sulfone groups is 1. The molecule has 2 atom stereocenters. The van der Waals surface area contributed by atoms with Crippen molar-refractivity contribution < 1.29 is 13.2 Å². The Morgan fingerprint density at radius 3 is 2.32 bits per heavy atom. The number of hydrogen-bond acceptors (Lipinski definition) is 7. The second-order valence-corrected chi connectivity index (χ2v) is 9.23. The van der Waals surface area contributed by atoms with Gasteiger partial charge >= 0.3 is 0 Å². The lowest BCUT2D eigenvalue weighted by Crippen LogP contribution is -2.60. The molecule has 25 heavy (non-hydrogen) atoms. The molecule has 2 aliphatic heterocycles. The van der Waals surface area contributed by atoms with E-state index < -0.39 is 9.84 Å². The molecule has 0 radical (unpaired) electrons. The smallest absolute Gasteiger partial charge is 0.236 e. The summed E-state index contributed by atoms with van der Waals surface area (Å²) in [5.41, 5.74) is 0.978. The number of carbonyl (C=O) groups excluding carboxylic acids is 1. The number of aromatic nitrogens is 2. The fourth-order valence-electron chi connectivity index (χ4n) is 3.54. The molecule has 0 spiro atoms. The summed E-state index contributed by atoms with van der Waals surface area (Å²) in [6.45, 7) is 4.15. The highest BCUT2D eigenvalue weighted by Gasteiger charge is 2.46. The summed E-state index contributed by atoms with van der Waals surface area (Å²) in [6.07, 6.45) is 3.59. The first-order valence-corrected chi connectivity index (χ1v) is 10.2. The summed E-state index contributed by atoms with van der Waals surface area (Å²) >= 11 is 0. The lowest BCUT2D eigenvalue weighted by Gasteiger charge is -2.43. The molecule has 9 heteroatoms. The summed E-state index contributed by atoms with van der Waals surface area (Å²) < 4.78 is 24.5. The van der Waals surface area contributed by atoms with Crippen LogP contribution in [-0.4, -0.2) is 96.3 Å². The molecule has 0 N–H and O–H groups in total. The molecule has 0 saturated carbocycles. The summed E-state index contributed by atoms with van der Waals surface area (Å²) in [7, 11) is 0.353. The summed E-state index contributed by atoms with van der Waals surface area (Å²) in [5.74, 6) is 0.997. The highest BCUT2D eigenvalue weighted by Crippen LogP contribution is 2.28. The van der Waals surface area contributed by atoms with Gasteiger partial charge in [0.15, 0.2) is 9.84 Å². The van der Waals surface area contributed by atoms with Crippen molar-refractivity contribution in [3.8, 4) is 0 Å². The lowest BCUT2D eigenvalue weighted by molar-refractivity contribution is -0.131. The molecule has 3 heterocycles. The highest BCUT2D eigenvalue weighted by atomic mass is 32.2. The van der Waals surface area contributed by atoms with E-state index in [2.05, 4.69) is 14.9 Å². The summed E-state index contributed by atoms with van der Waals surface area (Å²) in [5, 5.41) is 0. The third kappa shape index (κ3) is 4.16. The first kappa shape index (κ1) is 18.2. The maximum atomic E-state index is 12.2. The van der Waals surface area contributed by atoms with E-state index in [1.165, 1.54) is 0 Å². The number of fused-ring (bicyclic) bond motifs is 1. The Morgan fingerprint density at radius 2 is 1.72 bits per heavy atom. The van der Waals surface area contributed by atoms with Gasteiger partial charge in [-0.3, -0.25) is 14.6 Å². The quantitative estimate of drug-likeness (QED) is 0.685. The molecule has 1 amide bonds. The average Bonchev–Trinajstić information content (AvgIpc) is 2.87. The van der Waals surface area contributed by atoms with Gasteiger partial charge in [-0.2, -0.15) is 0 Å². The van der Waals surface area contributed by atoms with Crippen LogP contribution in [-0.2, 0) is 21.2 Å². The van der Waals surface area contributed by atoms with Gasteiger partial charge in [-0.05, 0) is 6.92 Å². The van der Waals surface area contributed by atoms with E-state index in [0.29, 0.717) is 13.1 Å². The third-order valence-corrected chi connectivity index (χ3v) is 6.66. The van der Waals surface area contributed by atoms with Crippen LogP contribution in [0.2, 0.25) is 0 Å². The maximum Gasteiger partial charge on any atom is 0.236 e. The number of hydrogen-bond donors (Lipinski definition) is 0. The van der Waals surface area contributed by atoms with Crippen LogP contribution in [0.5, 0.6) is 0 Å². The van der Waals surface area contributed by atoms with Gasteiger partial charge in [0.1, 0.15) is 5.82 Å². The van der Waals surface area contributed by atoms with E-state index in [1.807, 2.05) is 11.8 Å². The predicted octanol–water partition coefficient (Wildman–Crippen LogP) is -0.844. The van der Waals surface area contributed by atoms with E-state index >= 15 is 0 Å². The van der Waals surface area contributed by atoms with Crippen molar-refractivity contribution in [2.45, 2.75) is 25.6 Å². The molecule has 0 aromatic carbocycles. The van der Waals surface area contributed by atoms with Gasteiger partial charge in [0.2, 0.25) is 5.91 Å². The highest BCUT2D eigenvalue weighted by molar-refractivity contribution is 7.91. The SMILES string of the molecule is Cc1ncc(CN2CCN(CC(=O)N(C)C)[C@H]3CS(=O)(=O)C[C@H]32)cn1. The Kier molecular flexibility index (Phi) is 5.08. The first-order valence-electron chi connectivity index (χ1n) is 8.41. The number of rotatable bonds is 4. The first-order chi connectivity index (χ1) is 11.7. The topological polar surface area (TPSA) is 86.7 Å². The monoisotopic (exact) mass is 367 g/mol. The van der Waals surface area contributed by atoms with Crippen LogP contribution in [0.4, 0.5) is 0 Å². The largest absolute Gasteiger partial charge is 0.348 e. The minimum Gasteiger partial charge on any atom is -0.348 e. The fraction of sp³-hybridized carbons (Fsp3) is 0.688. The number of aryl methyl sites for hydroxylation is 1. The van der Waals surface area contributed by atoms with Gasteiger partial charge in [-0.25, -0.2) is 18.4 Å². The van der Waals surface area contributed by atoms with Crippen LogP contribution >= 0.6 is 0 Å². The van der Waals surface area contributed by atoms with Gasteiger partial charge < -0.3 is 4.90 Å². The number of piperazine rings is 1. The van der Waals surface area contributed by atoms with Crippen molar-refractivity contribution in [2.75, 3.05) is 45.2 Å². The van der Waals surface area contributed by atoms with Gasteiger partial charge in [-0.1, -0.05) is 0 Å². The Balaban J connectivity index is 1.76. The number of nitrogens with zero attached hydrogens (tertiary/aromatic N) is 5. The van der Waals surface area contributed by atoms with E-state index in [0.717, 1.165) is 17.9 Å². The maximum absolute atomic E-state index is 12.2. The van der Waals surface area contributed by atoms with Gasteiger partial charge in [0.25, 0.3) is 0 Å². The minimum atomic E-state index is -3.09. The molecule has 138 valence electrons. The van der Waals surface area contributed by atoms with Crippen LogP contribution in [0, 0.1) is 6.92 Å². The number of amides is 1. The zero-order valence-corrected chi connectivity index (χ0v) is 15.7. The van der Waals surface area contributed by atoms with Crippen molar-refractivity contribution in [1.82, 2.24) is 24.7 Å². The van der Waals surface area contributed by atoms with Crippen molar-refractivity contribution in [3.63, 3.8) is 0 Å². The van der Waals surface area contributed by atoms with Crippen molar-refractivity contribution >= 4 is 15.7 Å². The van der Waals surface area contributed by atoms with Crippen molar-refractivity contribution in [3.05, 3.63) is 23.8 Å². The molecular weight excluding hydrogens is 342 g/mol. The minimum absolute atomic E-state index is 0.00318. The van der Waals surface area contributed by atoms with E-state index in [4.69, 9.17) is 0 Å². The van der Waals surface area contributed by atoms with Crippen LogP contribution in [0.15, 0.2) is 12.4 Å². The number of carbonyl (C=O) groups is 1. The molecule has 0 unspecified atom stereocenters.